The molecule has 0 amide bonds. The molecule has 1 aromatic carbocycles. The second-order valence-electron chi connectivity index (χ2n) is 16.2. The molecule has 1 saturated heterocycles. The molecule has 1 heterocycles. The molecule has 4 rings (SSSR count). The maximum atomic E-state index is 3.59. The van der Waals surface area contributed by atoms with Crippen LogP contribution in [0.2, 0.25) is 0 Å². The summed E-state index contributed by atoms with van der Waals surface area (Å²) in [5, 5.41) is 3.59. The van der Waals surface area contributed by atoms with Crippen molar-refractivity contribution in [3.63, 3.8) is 0 Å². The first kappa shape index (κ1) is 31.0. The van der Waals surface area contributed by atoms with E-state index < -0.39 is 0 Å². The molecule has 0 spiro atoms. The first-order valence-corrected chi connectivity index (χ1v) is 15.3. The lowest BCUT2D eigenvalue weighted by atomic mass is 9.58. The number of hydrogen-bond acceptors (Lipinski definition) is 2. The molecular formula is C34H59ClN2. The molecule has 2 saturated carbocycles. The Morgan fingerprint density at radius 1 is 0.784 bits per heavy atom. The maximum absolute atomic E-state index is 3.59. The minimum Gasteiger partial charge on any atom is -0.314 e. The van der Waals surface area contributed by atoms with Gasteiger partial charge in [0.05, 0.1) is 0 Å². The summed E-state index contributed by atoms with van der Waals surface area (Å²) in [6.07, 6.45) is 10.5. The van der Waals surface area contributed by atoms with Gasteiger partial charge in [0.2, 0.25) is 0 Å². The molecule has 0 aromatic heterocycles. The zero-order chi connectivity index (χ0) is 26.4. The van der Waals surface area contributed by atoms with E-state index in [9.17, 15) is 0 Å². The normalized spacial score (nSPS) is 26.8. The Bertz CT molecular complexity index is 861. The van der Waals surface area contributed by atoms with Gasteiger partial charge in [0.1, 0.15) is 0 Å². The lowest BCUT2D eigenvalue weighted by molar-refractivity contribution is 0.0939. The molecule has 3 fully saturated rings. The fraction of sp³-hybridized carbons (Fsp3) is 0.824. The smallest absolute Gasteiger partial charge is 0.0351 e. The highest BCUT2D eigenvalue weighted by atomic mass is 35.5. The second kappa shape index (κ2) is 11.5. The third-order valence-electron chi connectivity index (χ3n) is 9.65. The quantitative estimate of drug-likeness (QED) is 0.393. The van der Waals surface area contributed by atoms with Crippen molar-refractivity contribution >= 4 is 12.4 Å². The van der Waals surface area contributed by atoms with E-state index >= 15 is 0 Å². The molecule has 3 aliphatic rings. The van der Waals surface area contributed by atoms with Gasteiger partial charge in [-0.05, 0) is 95.1 Å². The maximum Gasteiger partial charge on any atom is 0.0351 e. The van der Waals surface area contributed by atoms with E-state index in [0.717, 1.165) is 13.1 Å². The summed E-state index contributed by atoms with van der Waals surface area (Å²) in [5.41, 5.74) is 6.67. The van der Waals surface area contributed by atoms with Gasteiger partial charge >= 0.3 is 0 Å². The average molecular weight is 531 g/mol. The minimum absolute atomic E-state index is 0. The predicted molar refractivity (Wildman–Crippen MR) is 164 cm³/mol. The van der Waals surface area contributed by atoms with Crippen LogP contribution in [0.25, 0.3) is 0 Å². The number of nitrogens with zero attached hydrogens (tertiary/aromatic N) is 1. The summed E-state index contributed by atoms with van der Waals surface area (Å²) in [7, 11) is 0. The van der Waals surface area contributed by atoms with E-state index in [-0.39, 0.29) is 12.4 Å². The van der Waals surface area contributed by atoms with Gasteiger partial charge in [-0.1, -0.05) is 86.9 Å². The summed E-state index contributed by atoms with van der Waals surface area (Å²) in [5.74, 6) is 1.36. The monoisotopic (exact) mass is 530 g/mol. The Balaban J connectivity index is 0.00000380. The number of piperazine rings is 1. The third kappa shape index (κ3) is 7.76. The summed E-state index contributed by atoms with van der Waals surface area (Å²) in [6, 6.07) is 8.47. The van der Waals surface area contributed by atoms with Gasteiger partial charge < -0.3 is 5.32 Å². The standard InChI is InChI=1S/C34H58N2.ClH/c1-10-11-30(36-16-14-35-15-17-36)28-13-12-25(26-19-31(2,3)23-32(4,5)20-26)18-29(28)27-21-33(6,7)24-34(8,9)22-27;/h12-13,18,26-27,30,35H,10-11,14-17,19-24H2,1-9H3;1H. The van der Waals surface area contributed by atoms with E-state index in [2.05, 4.69) is 90.7 Å². The zero-order valence-electron chi connectivity index (χ0n) is 25.8. The highest BCUT2D eigenvalue weighted by Crippen LogP contribution is 2.55. The van der Waals surface area contributed by atoms with Gasteiger partial charge in [-0.25, -0.2) is 0 Å². The van der Waals surface area contributed by atoms with Gasteiger partial charge in [0, 0.05) is 32.2 Å². The van der Waals surface area contributed by atoms with Gasteiger partial charge in [0.25, 0.3) is 0 Å². The minimum atomic E-state index is 0. The van der Waals surface area contributed by atoms with E-state index in [1.165, 1.54) is 64.5 Å². The molecule has 212 valence electrons. The zero-order valence-corrected chi connectivity index (χ0v) is 26.6. The van der Waals surface area contributed by atoms with Crippen LogP contribution in [0.4, 0.5) is 0 Å². The van der Waals surface area contributed by atoms with Gasteiger partial charge in [-0.3, -0.25) is 4.90 Å². The molecule has 1 N–H and O–H groups in total. The number of halogens is 1. The molecule has 0 radical (unpaired) electrons. The Kier molecular flexibility index (Phi) is 9.62. The molecule has 2 nitrogen and oxygen atoms in total. The van der Waals surface area contributed by atoms with E-state index in [1.807, 2.05) is 0 Å². The van der Waals surface area contributed by atoms with Gasteiger partial charge in [-0.2, -0.15) is 0 Å². The van der Waals surface area contributed by atoms with Crippen LogP contribution in [0.15, 0.2) is 18.2 Å². The molecule has 2 aliphatic carbocycles. The Labute approximate surface area is 236 Å². The first-order valence-electron chi connectivity index (χ1n) is 15.3. The van der Waals surface area contributed by atoms with Crippen LogP contribution < -0.4 is 5.32 Å². The molecule has 37 heavy (non-hydrogen) atoms. The lowest BCUT2D eigenvalue weighted by Crippen LogP contribution is -2.45. The summed E-state index contributed by atoms with van der Waals surface area (Å²) in [4.78, 5) is 2.80. The summed E-state index contributed by atoms with van der Waals surface area (Å²) in [6.45, 7) is 27.1. The summed E-state index contributed by atoms with van der Waals surface area (Å²) < 4.78 is 0. The van der Waals surface area contributed by atoms with Crippen molar-refractivity contribution in [3.05, 3.63) is 34.9 Å². The predicted octanol–water partition coefficient (Wildman–Crippen LogP) is 9.49. The third-order valence-corrected chi connectivity index (χ3v) is 9.65. The van der Waals surface area contributed by atoms with Crippen molar-refractivity contribution in [2.24, 2.45) is 21.7 Å². The van der Waals surface area contributed by atoms with Crippen molar-refractivity contribution in [2.45, 2.75) is 132 Å². The van der Waals surface area contributed by atoms with Crippen LogP contribution >= 0.6 is 12.4 Å². The molecule has 1 atom stereocenters. The molecule has 0 bridgehead atoms. The van der Waals surface area contributed by atoms with Crippen molar-refractivity contribution in [1.29, 1.82) is 0 Å². The van der Waals surface area contributed by atoms with Crippen molar-refractivity contribution < 1.29 is 0 Å². The van der Waals surface area contributed by atoms with Gasteiger partial charge in [0.15, 0.2) is 0 Å². The largest absolute Gasteiger partial charge is 0.314 e. The average Bonchev–Trinajstić information content (AvgIpc) is 2.73. The van der Waals surface area contributed by atoms with E-state index in [0.29, 0.717) is 39.5 Å². The molecular weight excluding hydrogens is 472 g/mol. The van der Waals surface area contributed by atoms with Crippen molar-refractivity contribution in [3.8, 4) is 0 Å². The van der Waals surface area contributed by atoms with Gasteiger partial charge in [-0.15, -0.1) is 12.4 Å². The molecule has 1 aromatic rings. The van der Waals surface area contributed by atoms with Crippen LogP contribution in [0, 0.1) is 21.7 Å². The SMILES string of the molecule is CCCC(c1ccc(C2CC(C)(C)CC(C)(C)C2)cc1C1CC(C)(C)CC(C)(C)C1)N1CCNCC1.Cl. The van der Waals surface area contributed by atoms with Crippen LogP contribution in [0.5, 0.6) is 0 Å². The molecule has 1 aliphatic heterocycles. The Morgan fingerprint density at radius 2 is 1.27 bits per heavy atom. The fourth-order valence-electron chi connectivity index (χ4n) is 9.45. The lowest BCUT2D eigenvalue weighted by Gasteiger charge is -2.47. The number of nitrogens with one attached hydrogen (secondary N) is 1. The number of hydrogen-bond donors (Lipinski definition) is 1. The van der Waals surface area contributed by atoms with Crippen LogP contribution in [0.3, 0.4) is 0 Å². The molecule has 1 unspecified atom stereocenters. The number of benzene rings is 1. The van der Waals surface area contributed by atoms with Crippen LogP contribution in [0.1, 0.15) is 148 Å². The first-order chi connectivity index (χ1) is 16.7. The highest BCUT2D eigenvalue weighted by molar-refractivity contribution is 5.85. The Hall–Kier alpha value is -0.570. The van der Waals surface area contributed by atoms with E-state index in [4.69, 9.17) is 0 Å². The summed E-state index contributed by atoms with van der Waals surface area (Å²) >= 11 is 0. The van der Waals surface area contributed by atoms with Crippen molar-refractivity contribution in [1.82, 2.24) is 10.2 Å². The highest BCUT2D eigenvalue weighted by Gasteiger charge is 2.42. The van der Waals surface area contributed by atoms with Crippen LogP contribution in [-0.2, 0) is 0 Å². The fourth-order valence-corrected chi connectivity index (χ4v) is 9.45. The molecule has 3 heteroatoms. The topological polar surface area (TPSA) is 15.3 Å². The van der Waals surface area contributed by atoms with E-state index in [1.54, 1.807) is 16.7 Å². The number of rotatable bonds is 6. The van der Waals surface area contributed by atoms with Crippen molar-refractivity contribution in [2.75, 3.05) is 26.2 Å². The van der Waals surface area contributed by atoms with Crippen LogP contribution in [-0.4, -0.2) is 31.1 Å². The Morgan fingerprint density at radius 3 is 1.76 bits per heavy atom. The second-order valence-corrected chi connectivity index (χ2v) is 16.2.